The van der Waals surface area contributed by atoms with Gasteiger partial charge in [-0.15, -0.1) is 11.8 Å². The van der Waals surface area contributed by atoms with E-state index in [0.29, 0.717) is 6.61 Å². The van der Waals surface area contributed by atoms with Gasteiger partial charge in [-0.25, -0.2) is 9.97 Å². The Morgan fingerprint density at radius 2 is 1.88 bits per heavy atom. The topological polar surface area (TPSA) is 39.5 Å². The highest BCUT2D eigenvalue weighted by Crippen LogP contribution is 2.33. The quantitative estimate of drug-likeness (QED) is 0.649. The first-order chi connectivity index (χ1) is 12.6. The Morgan fingerprint density at radius 3 is 2.65 bits per heavy atom. The molecule has 0 saturated carbocycles. The van der Waals surface area contributed by atoms with Crippen LogP contribution in [0.5, 0.6) is 0 Å². The number of nitrogens with one attached hydrogen (secondary N) is 1. The number of hydrogen-bond donors (Lipinski definition) is 1. The summed E-state index contributed by atoms with van der Waals surface area (Å²) in [6, 6.07) is 10.3. The third-order valence-corrected chi connectivity index (χ3v) is 6.31. The lowest BCUT2D eigenvalue weighted by molar-refractivity contribution is -0.884. The van der Waals surface area contributed by atoms with Crippen molar-refractivity contribution in [1.29, 1.82) is 0 Å². The van der Waals surface area contributed by atoms with E-state index in [9.17, 15) is 0 Å². The fraction of sp³-hybridized carbons (Fsp3) is 0.524. The maximum atomic E-state index is 6.06. The van der Waals surface area contributed by atoms with Gasteiger partial charge >= 0.3 is 0 Å². The summed E-state index contributed by atoms with van der Waals surface area (Å²) in [5.41, 5.74) is 3.29. The van der Waals surface area contributed by atoms with E-state index in [2.05, 4.69) is 38.1 Å². The van der Waals surface area contributed by atoms with Crippen LogP contribution in [0.3, 0.4) is 0 Å². The lowest BCUT2D eigenvalue weighted by atomic mass is 9.96. The first-order valence-corrected chi connectivity index (χ1v) is 10.6. The number of rotatable bonds is 5. The van der Waals surface area contributed by atoms with E-state index in [1.165, 1.54) is 38.0 Å². The van der Waals surface area contributed by atoms with E-state index in [-0.39, 0.29) is 5.60 Å². The SMILES string of the molecule is CC1(C)Cc2nc(-c3ccccc3)nc(SCC[NH+]3CCCC3)c2CO1. The van der Waals surface area contributed by atoms with Gasteiger partial charge in [0.2, 0.25) is 0 Å². The van der Waals surface area contributed by atoms with Gasteiger partial charge in [-0.05, 0) is 13.8 Å². The van der Waals surface area contributed by atoms with Gasteiger partial charge in [0.25, 0.3) is 0 Å². The molecule has 5 heteroatoms. The minimum Gasteiger partial charge on any atom is -0.370 e. The molecule has 1 aromatic heterocycles. The van der Waals surface area contributed by atoms with Crippen LogP contribution in [0.4, 0.5) is 0 Å². The Bertz CT molecular complexity index is 757. The zero-order valence-electron chi connectivity index (χ0n) is 15.8. The van der Waals surface area contributed by atoms with Gasteiger partial charge in [-0.3, -0.25) is 0 Å². The Hall–Kier alpha value is -1.43. The molecule has 0 bridgehead atoms. The van der Waals surface area contributed by atoms with Crippen molar-refractivity contribution in [3.8, 4) is 11.4 Å². The highest BCUT2D eigenvalue weighted by Gasteiger charge is 2.30. The minimum absolute atomic E-state index is 0.156. The summed E-state index contributed by atoms with van der Waals surface area (Å²) in [6.07, 6.45) is 3.60. The van der Waals surface area contributed by atoms with Crippen molar-refractivity contribution in [1.82, 2.24) is 9.97 Å². The largest absolute Gasteiger partial charge is 0.370 e. The van der Waals surface area contributed by atoms with E-state index < -0.39 is 0 Å². The molecule has 0 unspecified atom stereocenters. The molecule has 138 valence electrons. The summed E-state index contributed by atoms with van der Waals surface area (Å²) in [5, 5.41) is 1.11. The van der Waals surface area contributed by atoms with Crippen LogP contribution in [0.1, 0.15) is 37.9 Å². The smallest absolute Gasteiger partial charge is 0.160 e. The molecule has 0 radical (unpaired) electrons. The minimum atomic E-state index is -0.156. The summed E-state index contributed by atoms with van der Waals surface area (Å²) < 4.78 is 6.06. The Kier molecular flexibility index (Phi) is 5.30. The second kappa shape index (κ2) is 7.67. The fourth-order valence-corrected chi connectivity index (χ4v) is 4.86. The van der Waals surface area contributed by atoms with Crippen LogP contribution in [0.25, 0.3) is 11.4 Å². The highest BCUT2D eigenvalue weighted by molar-refractivity contribution is 7.99. The molecule has 4 nitrogen and oxygen atoms in total. The standard InChI is InChI=1S/C21H27N3OS/c1-21(2)14-18-17(15-25-21)20(26-13-12-24-10-6-7-11-24)23-19(22-18)16-8-4-3-5-9-16/h3-5,8-9H,6-7,10-15H2,1-2H3/p+1. The number of aromatic nitrogens is 2. The molecule has 0 amide bonds. The van der Waals surface area contributed by atoms with Gasteiger partial charge in [0.15, 0.2) is 5.82 Å². The van der Waals surface area contributed by atoms with Crippen LogP contribution < -0.4 is 4.90 Å². The Labute approximate surface area is 160 Å². The molecule has 0 aliphatic carbocycles. The third kappa shape index (κ3) is 4.11. The van der Waals surface area contributed by atoms with Crippen LogP contribution in [0.2, 0.25) is 0 Å². The monoisotopic (exact) mass is 370 g/mol. The number of nitrogens with zero attached hydrogens (tertiary/aromatic N) is 2. The van der Waals surface area contributed by atoms with E-state index in [4.69, 9.17) is 14.7 Å². The zero-order valence-corrected chi connectivity index (χ0v) is 16.6. The average molecular weight is 371 g/mol. The number of ether oxygens (including phenoxy) is 1. The predicted molar refractivity (Wildman–Crippen MR) is 106 cm³/mol. The summed E-state index contributed by atoms with van der Waals surface area (Å²) in [7, 11) is 0. The molecular weight excluding hydrogens is 342 g/mol. The van der Waals surface area contributed by atoms with Gasteiger partial charge in [0, 0.05) is 36.1 Å². The van der Waals surface area contributed by atoms with E-state index in [1.807, 2.05) is 17.8 Å². The molecule has 26 heavy (non-hydrogen) atoms. The number of likely N-dealkylation sites (tertiary alicyclic amines) is 1. The lowest BCUT2D eigenvalue weighted by Gasteiger charge is -2.32. The van der Waals surface area contributed by atoms with Crippen LogP contribution in [0.15, 0.2) is 35.4 Å². The molecule has 2 aliphatic heterocycles. The maximum absolute atomic E-state index is 6.06. The zero-order chi connectivity index (χ0) is 18.0. The highest BCUT2D eigenvalue weighted by atomic mass is 32.2. The Balaban J connectivity index is 1.60. The first-order valence-electron chi connectivity index (χ1n) is 9.66. The first kappa shape index (κ1) is 18.0. The summed E-state index contributed by atoms with van der Waals surface area (Å²) >= 11 is 1.88. The summed E-state index contributed by atoms with van der Waals surface area (Å²) in [6.45, 7) is 8.78. The van der Waals surface area contributed by atoms with Gasteiger partial charge in [0.05, 0.1) is 37.5 Å². The molecule has 2 aromatic rings. The average Bonchev–Trinajstić information content (AvgIpc) is 3.14. The van der Waals surface area contributed by atoms with Crippen molar-refractivity contribution in [3.05, 3.63) is 41.6 Å². The number of benzene rings is 1. The maximum Gasteiger partial charge on any atom is 0.160 e. The van der Waals surface area contributed by atoms with Gasteiger partial charge in [0.1, 0.15) is 5.03 Å². The third-order valence-electron chi connectivity index (χ3n) is 5.29. The molecule has 4 rings (SSSR count). The lowest BCUT2D eigenvalue weighted by Crippen LogP contribution is -3.10. The fourth-order valence-electron chi connectivity index (χ4n) is 3.77. The molecule has 1 N–H and O–H groups in total. The van der Waals surface area contributed by atoms with Gasteiger partial charge in [-0.1, -0.05) is 30.3 Å². The van der Waals surface area contributed by atoms with Crippen molar-refractivity contribution in [3.63, 3.8) is 0 Å². The van der Waals surface area contributed by atoms with Crippen molar-refractivity contribution in [2.24, 2.45) is 0 Å². The normalized spacial score (nSPS) is 19.5. The van der Waals surface area contributed by atoms with Crippen molar-refractivity contribution in [2.75, 3.05) is 25.4 Å². The van der Waals surface area contributed by atoms with Crippen LogP contribution in [-0.4, -0.2) is 41.0 Å². The van der Waals surface area contributed by atoms with Gasteiger partial charge < -0.3 is 9.64 Å². The van der Waals surface area contributed by atoms with Crippen molar-refractivity contribution >= 4 is 11.8 Å². The van der Waals surface area contributed by atoms with Crippen molar-refractivity contribution < 1.29 is 9.64 Å². The Morgan fingerprint density at radius 1 is 1.12 bits per heavy atom. The van der Waals surface area contributed by atoms with Crippen LogP contribution >= 0.6 is 11.8 Å². The molecule has 3 heterocycles. The van der Waals surface area contributed by atoms with Crippen LogP contribution in [-0.2, 0) is 17.8 Å². The molecular formula is C21H28N3OS+. The second-order valence-corrected chi connectivity index (χ2v) is 9.01. The molecule has 1 aromatic carbocycles. The van der Waals surface area contributed by atoms with Gasteiger partial charge in [-0.2, -0.15) is 0 Å². The number of quaternary nitrogens is 1. The predicted octanol–water partition coefficient (Wildman–Crippen LogP) is 2.77. The molecule has 0 spiro atoms. The number of hydrogen-bond acceptors (Lipinski definition) is 4. The molecule has 1 saturated heterocycles. The summed E-state index contributed by atoms with van der Waals surface area (Å²) in [5.74, 6) is 1.95. The van der Waals surface area contributed by atoms with E-state index in [0.717, 1.165) is 34.3 Å². The molecule has 0 atom stereocenters. The number of fused-ring (bicyclic) bond motifs is 1. The number of thioether (sulfide) groups is 1. The second-order valence-electron chi connectivity index (χ2n) is 7.92. The molecule has 1 fully saturated rings. The van der Waals surface area contributed by atoms with Crippen LogP contribution in [0, 0.1) is 0 Å². The van der Waals surface area contributed by atoms with E-state index >= 15 is 0 Å². The molecule has 2 aliphatic rings. The van der Waals surface area contributed by atoms with E-state index in [1.54, 1.807) is 4.90 Å². The van der Waals surface area contributed by atoms with Crippen molar-refractivity contribution in [2.45, 2.75) is 50.3 Å². The summed E-state index contributed by atoms with van der Waals surface area (Å²) in [4.78, 5) is 11.6.